The molecule has 2 saturated carbocycles. The summed E-state index contributed by atoms with van der Waals surface area (Å²) in [6.45, 7) is 5.96. The van der Waals surface area contributed by atoms with E-state index in [1.165, 1.54) is 25.7 Å². The predicted octanol–water partition coefficient (Wildman–Crippen LogP) is 3.19. The molecular weight excluding hydrogens is 266 g/mol. The Hall–Kier alpha value is -0.940. The lowest BCUT2D eigenvalue weighted by Crippen LogP contribution is -2.32. The number of hydrogen-bond donors (Lipinski definition) is 1. The van der Waals surface area contributed by atoms with Crippen molar-refractivity contribution in [3.8, 4) is 0 Å². The number of nitrogens with one attached hydrogen (secondary N) is 1. The molecule has 0 aliphatic heterocycles. The maximum absolute atomic E-state index is 5.81. The Labute approximate surface area is 126 Å². The van der Waals surface area contributed by atoms with E-state index in [9.17, 15) is 0 Å². The zero-order chi connectivity index (χ0) is 14.7. The van der Waals surface area contributed by atoms with Gasteiger partial charge in [0.1, 0.15) is 6.10 Å². The fourth-order valence-corrected chi connectivity index (χ4v) is 3.36. The Morgan fingerprint density at radius 1 is 1.19 bits per heavy atom. The van der Waals surface area contributed by atoms with Crippen molar-refractivity contribution in [2.75, 3.05) is 13.2 Å². The van der Waals surface area contributed by atoms with Crippen LogP contribution in [0.25, 0.3) is 0 Å². The molecule has 1 atom stereocenters. The maximum atomic E-state index is 5.81. The third-order valence-electron chi connectivity index (χ3n) is 4.68. The van der Waals surface area contributed by atoms with Gasteiger partial charge in [0.2, 0.25) is 11.7 Å². The Morgan fingerprint density at radius 3 is 2.57 bits per heavy atom. The van der Waals surface area contributed by atoms with Crippen LogP contribution in [0.15, 0.2) is 4.52 Å². The van der Waals surface area contributed by atoms with E-state index >= 15 is 0 Å². The summed E-state index contributed by atoms with van der Waals surface area (Å²) in [4.78, 5) is 4.66. The summed E-state index contributed by atoms with van der Waals surface area (Å²) in [5.74, 6) is 2.62. The van der Waals surface area contributed by atoms with Gasteiger partial charge in [-0.1, -0.05) is 12.1 Å². The number of hydrogen-bond acceptors (Lipinski definition) is 5. The molecule has 1 unspecified atom stereocenters. The van der Waals surface area contributed by atoms with E-state index in [4.69, 9.17) is 9.26 Å². The van der Waals surface area contributed by atoms with Crippen LogP contribution in [0, 0.1) is 5.92 Å². The van der Waals surface area contributed by atoms with Crippen molar-refractivity contribution >= 4 is 0 Å². The van der Waals surface area contributed by atoms with Crippen LogP contribution in [-0.2, 0) is 4.74 Å². The Balaban J connectivity index is 1.60. The molecule has 3 rings (SSSR count). The van der Waals surface area contributed by atoms with Crippen LogP contribution in [0.4, 0.5) is 0 Å². The van der Waals surface area contributed by atoms with Crippen LogP contribution in [0.3, 0.4) is 0 Å². The molecular formula is C16H27N3O2. The van der Waals surface area contributed by atoms with Crippen LogP contribution in [-0.4, -0.2) is 29.3 Å². The second kappa shape index (κ2) is 6.88. The smallest absolute Gasteiger partial charge is 0.229 e. The van der Waals surface area contributed by atoms with Crippen LogP contribution in [0.1, 0.15) is 76.1 Å². The summed E-state index contributed by atoms with van der Waals surface area (Å²) in [6, 6.07) is 0.663. The molecule has 2 aliphatic rings. The summed E-state index contributed by atoms with van der Waals surface area (Å²) < 4.78 is 11.3. The van der Waals surface area contributed by atoms with E-state index in [0.717, 1.165) is 31.1 Å². The highest BCUT2D eigenvalue weighted by atomic mass is 16.5. The lowest BCUT2D eigenvalue weighted by molar-refractivity contribution is 0.0384. The minimum Gasteiger partial charge on any atom is -0.370 e. The second-order valence-corrected chi connectivity index (χ2v) is 6.31. The van der Waals surface area contributed by atoms with Crippen molar-refractivity contribution in [1.82, 2.24) is 15.5 Å². The third kappa shape index (κ3) is 3.64. The summed E-state index contributed by atoms with van der Waals surface area (Å²) in [6.07, 6.45) is 7.18. The second-order valence-electron chi connectivity index (χ2n) is 6.31. The van der Waals surface area contributed by atoms with Gasteiger partial charge in [-0.25, -0.2) is 0 Å². The largest absolute Gasteiger partial charge is 0.370 e. The van der Waals surface area contributed by atoms with Gasteiger partial charge < -0.3 is 14.6 Å². The quantitative estimate of drug-likeness (QED) is 0.836. The molecule has 0 spiro atoms. The van der Waals surface area contributed by atoms with Crippen molar-refractivity contribution < 1.29 is 9.26 Å². The highest BCUT2D eigenvalue weighted by molar-refractivity contribution is 5.02. The Morgan fingerprint density at radius 2 is 1.95 bits per heavy atom. The van der Waals surface area contributed by atoms with E-state index in [0.29, 0.717) is 24.5 Å². The van der Waals surface area contributed by atoms with E-state index in [2.05, 4.69) is 22.4 Å². The molecule has 0 radical (unpaired) electrons. The van der Waals surface area contributed by atoms with Crippen LogP contribution < -0.4 is 5.32 Å². The molecule has 21 heavy (non-hydrogen) atoms. The van der Waals surface area contributed by atoms with Gasteiger partial charge in [0.15, 0.2) is 0 Å². The predicted molar refractivity (Wildman–Crippen MR) is 80.1 cm³/mol. The number of aromatic nitrogens is 2. The molecule has 0 bridgehead atoms. The van der Waals surface area contributed by atoms with Crippen molar-refractivity contribution in [1.29, 1.82) is 0 Å². The molecule has 118 valence electrons. The summed E-state index contributed by atoms with van der Waals surface area (Å²) >= 11 is 0. The lowest BCUT2D eigenvalue weighted by Gasteiger charge is -2.26. The average molecular weight is 293 g/mol. The summed E-state index contributed by atoms with van der Waals surface area (Å²) in [7, 11) is 0. The van der Waals surface area contributed by atoms with Gasteiger partial charge in [-0.15, -0.1) is 0 Å². The van der Waals surface area contributed by atoms with Crippen LogP contribution in [0.5, 0.6) is 0 Å². The number of rotatable bonds is 7. The molecule has 0 amide bonds. The molecule has 5 nitrogen and oxygen atoms in total. The van der Waals surface area contributed by atoms with Gasteiger partial charge in [-0.3, -0.25) is 0 Å². The maximum Gasteiger partial charge on any atom is 0.229 e. The zero-order valence-electron chi connectivity index (χ0n) is 13.2. The monoisotopic (exact) mass is 293 g/mol. The molecule has 1 aromatic rings. The molecule has 2 aliphatic carbocycles. The molecule has 1 aromatic heterocycles. The summed E-state index contributed by atoms with van der Waals surface area (Å²) in [5.41, 5.74) is 0. The van der Waals surface area contributed by atoms with Crippen molar-refractivity contribution in [2.45, 2.75) is 70.4 Å². The minimum absolute atomic E-state index is 0.0468. The average Bonchev–Trinajstić information content (AvgIpc) is 3.23. The van der Waals surface area contributed by atoms with E-state index < -0.39 is 0 Å². The molecule has 1 heterocycles. The van der Waals surface area contributed by atoms with Gasteiger partial charge in [-0.2, -0.15) is 4.98 Å². The molecule has 1 N–H and O–H groups in total. The Bertz CT molecular complexity index is 436. The standard InChI is InChI=1S/C16H27N3O2/c1-3-17-13-9-7-12(8-10-13)16-18-15(19-21-16)14(20-4-2)11-5-6-11/h11-14,17H,3-10H2,1-2H3. The van der Waals surface area contributed by atoms with Crippen LogP contribution in [0.2, 0.25) is 0 Å². The van der Waals surface area contributed by atoms with E-state index in [1.54, 1.807) is 0 Å². The third-order valence-corrected chi connectivity index (χ3v) is 4.68. The van der Waals surface area contributed by atoms with E-state index in [1.807, 2.05) is 6.92 Å². The molecule has 0 saturated heterocycles. The Kier molecular flexibility index (Phi) is 4.91. The minimum atomic E-state index is 0.0468. The van der Waals surface area contributed by atoms with Gasteiger partial charge in [-0.05, 0) is 57.9 Å². The van der Waals surface area contributed by atoms with Crippen molar-refractivity contribution in [3.05, 3.63) is 11.7 Å². The number of nitrogens with zero attached hydrogens (tertiary/aromatic N) is 2. The molecule has 2 fully saturated rings. The van der Waals surface area contributed by atoms with E-state index in [-0.39, 0.29) is 6.10 Å². The van der Waals surface area contributed by atoms with Gasteiger partial charge in [0.05, 0.1) is 0 Å². The van der Waals surface area contributed by atoms with Gasteiger partial charge >= 0.3 is 0 Å². The highest BCUT2D eigenvalue weighted by Gasteiger charge is 2.37. The normalized spacial score (nSPS) is 27.7. The van der Waals surface area contributed by atoms with Crippen LogP contribution >= 0.6 is 0 Å². The summed E-state index contributed by atoms with van der Waals surface area (Å²) in [5, 5.41) is 7.73. The fraction of sp³-hybridized carbons (Fsp3) is 0.875. The van der Waals surface area contributed by atoms with Gasteiger partial charge in [0.25, 0.3) is 0 Å². The first-order valence-electron chi connectivity index (χ1n) is 8.50. The molecule has 5 heteroatoms. The SMILES string of the molecule is CCNC1CCC(c2nc(C(OCC)C3CC3)no2)CC1. The topological polar surface area (TPSA) is 60.2 Å². The lowest BCUT2D eigenvalue weighted by atomic mass is 9.86. The highest BCUT2D eigenvalue weighted by Crippen LogP contribution is 2.43. The zero-order valence-corrected chi connectivity index (χ0v) is 13.2. The molecule has 0 aromatic carbocycles. The first kappa shape index (κ1) is 15.0. The van der Waals surface area contributed by atoms with Crippen molar-refractivity contribution in [3.63, 3.8) is 0 Å². The first-order valence-corrected chi connectivity index (χ1v) is 8.50. The fourth-order valence-electron chi connectivity index (χ4n) is 3.36. The first-order chi connectivity index (χ1) is 10.3. The number of ether oxygens (including phenoxy) is 1. The van der Waals surface area contributed by atoms with Crippen molar-refractivity contribution in [2.24, 2.45) is 5.92 Å². The van der Waals surface area contributed by atoms with Gasteiger partial charge in [0, 0.05) is 18.6 Å².